The summed E-state index contributed by atoms with van der Waals surface area (Å²) in [5.74, 6) is 0.914. The van der Waals surface area contributed by atoms with Crippen LogP contribution < -0.4 is 10.6 Å². The molecular weight excluding hydrogens is 435 g/mol. The minimum Gasteiger partial charge on any atom is -0.382 e. The molecule has 2 heterocycles. The van der Waals surface area contributed by atoms with Gasteiger partial charge in [-0.05, 0) is 43.7 Å². The van der Waals surface area contributed by atoms with Gasteiger partial charge in [0.15, 0.2) is 5.96 Å². The first-order chi connectivity index (χ1) is 11.3. The number of rotatable bonds is 9. The molecule has 0 aromatic carbocycles. The Morgan fingerprint density at radius 2 is 2.25 bits per heavy atom. The Bertz CT molecular complexity index is 481. The van der Waals surface area contributed by atoms with E-state index in [1.54, 1.807) is 4.88 Å². The van der Waals surface area contributed by atoms with Crippen molar-refractivity contribution >= 4 is 41.3 Å². The molecule has 0 bridgehead atoms. The van der Waals surface area contributed by atoms with Crippen LogP contribution >= 0.6 is 35.3 Å². The quantitative estimate of drug-likeness (QED) is 0.254. The van der Waals surface area contributed by atoms with E-state index in [4.69, 9.17) is 4.74 Å². The van der Waals surface area contributed by atoms with Gasteiger partial charge in [0.1, 0.15) is 0 Å². The van der Waals surface area contributed by atoms with Crippen molar-refractivity contribution in [3.8, 4) is 0 Å². The number of guanidine groups is 1. The molecule has 5 nitrogen and oxygen atoms in total. The molecule has 24 heavy (non-hydrogen) atoms. The number of fused-ring (bicyclic) bond motifs is 1. The molecule has 0 spiro atoms. The molecule has 1 aromatic rings. The monoisotopic (exact) mass is 466 g/mol. The predicted molar refractivity (Wildman–Crippen MR) is 114 cm³/mol. The molecule has 138 valence electrons. The summed E-state index contributed by atoms with van der Waals surface area (Å²) in [5, 5.41) is 8.95. The van der Waals surface area contributed by atoms with Gasteiger partial charge in [-0.2, -0.15) is 0 Å². The molecule has 0 saturated carbocycles. The Morgan fingerprint density at radius 1 is 1.38 bits per heavy atom. The van der Waals surface area contributed by atoms with E-state index >= 15 is 0 Å². The lowest BCUT2D eigenvalue weighted by Gasteiger charge is -2.27. The summed E-state index contributed by atoms with van der Waals surface area (Å²) in [6.07, 6.45) is 2.16. The number of ether oxygens (including phenoxy) is 1. The molecule has 7 heteroatoms. The largest absolute Gasteiger partial charge is 0.382 e. The maximum Gasteiger partial charge on any atom is 0.191 e. The average molecular weight is 466 g/mol. The van der Waals surface area contributed by atoms with Gasteiger partial charge in [0.25, 0.3) is 0 Å². The van der Waals surface area contributed by atoms with Crippen molar-refractivity contribution in [2.45, 2.75) is 33.2 Å². The Hall–Kier alpha value is -0.380. The van der Waals surface area contributed by atoms with Crippen molar-refractivity contribution in [3.63, 3.8) is 0 Å². The molecule has 0 fully saturated rings. The summed E-state index contributed by atoms with van der Waals surface area (Å²) in [5.41, 5.74) is 1.51. The Morgan fingerprint density at radius 3 is 3.04 bits per heavy atom. The SMILES string of the molecule is CCNC(=NCCCOCC)NCCN1CCc2sccc2C1.I. The lowest BCUT2D eigenvalue weighted by atomic mass is 10.1. The van der Waals surface area contributed by atoms with Crippen molar-refractivity contribution in [2.75, 3.05) is 45.9 Å². The second kappa shape index (κ2) is 12.9. The summed E-state index contributed by atoms with van der Waals surface area (Å²) >= 11 is 1.90. The van der Waals surface area contributed by atoms with Crippen molar-refractivity contribution in [3.05, 3.63) is 21.9 Å². The van der Waals surface area contributed by atoms with E-state index in [-0.39, 0.29) is 24.0 Å². The molecule has 0 aliphatic carbocycles. The van der Waals surface area contributed by atoms with Crippen LogP contribution in [0.4, 0.5) is 0 Å². The number of hydrogen-bond donors (Lipinski definition) is 2. The molecule has 2 N–H and O–H groups in total. The number of aliphatic imine (C=N–C) groups is 1. The summed E-state index contributed by atoms with van der Waals surface area (Å²) in [4.78, 5) is 8.68. The third-order valence-electron chi connectivity index (χ3n) is 3.87. The average Bonchev–Trinajstić information content (AvgIpc) is 3.02. The standard InChI is InChI=1S/C17H30N4OS.HI/c1-3-18-17(19-8-5-12-22-4-2)20-9-11-21-10-6-16-15(14-21)7-13-23-16;/h7,13H,3-6,8-12,14H2,1-2H3,(H2,18,19,20);1H. The first-order valence-electron chi connectivity index (χ1n) is 8.71. The highest BCUT2D eigenvalue weighted by molar-refractivity contribution is 14.0. The van der Waals surface area contributed by atoms with Gasteiger partial charge in [-0.1, -0.05) is 0 Å². The van der Waals surface area contributed by atoms with E-state index in [2.05, 4.69) is 38.9 Å². The minimum atomic E-state index is 0. The Kier molecular flexibility index (Phi) is 11.7. The number of hydrogen-bond acceptors (Lipinski definition) is 4. The van der Waals surface area contributed by atoms with Crippen molar-refractivity contribution in [1.29, 1.82) is 0 Å². The maximum atomic E-state index is 5.34. The lowest BCUT2D eigenvalue weighted by molar-refractivity contribution is 0.146. The molecular formula is C17H31IN4OS. The van der Waals surface area contributed by atoms with E-state index in [1.807, 2.05) is 18.3 Å². The highest BCUT2D eigenvalue weighted by Crippen LogP contribution is 2.23. The van der Waals surface area contributed by atoms with Gasteiger partial charge in [0.05, 0.1) is 0 Å². The second-order valence-corrected chi connectivity index (χ2v) is 6.63. The second-order valence-electron chi connectivity index (χ2n) is 5.63. The van der Waals surface area contributed by atoms with Crippen LogP contribution in [0.2, 0.25) is 0 Å². The fourth-order valence-electron chi connectivity index (χ4n) is 2.67. The highest BCUT2D eigenvalue weighted by Gasteiger charge is 2.16. The van der Waals surface area contributed by atoms with Crippen molar-refractivity contribution in [1.82, 2.24) is 15.5 Å². The van der Waals surface area contributed by atoms with Gasteiger partial charge < -0.3 is 15.4 Å². The number of halogens is 1. The zero-order valence-electron chi connectivity index (χ0n) is 14.8. The van der Waals surface area contributed by atoms with Crippen LogP contribution in [0, 0.1) is 0 Å². The number of nitrogens with zero attached hydrogens (tertiary/aromatic N) is 2. The van der Waals surface area contributed by atoms with Crippen LogP contribution in [0.15, 0.2) is 16.4 Å². The van der Waals surface area contributed by atoms with Gasteiger partial charge in [0.2, 0.25) is 0 Å². The number of nitrogens with one attached hydrogen (secondary N) is 2. The minimum absolute atomic E-state index is 0. The van der Waals surface area contributed by atoms with Crippen LogP contribution in [-0.4, -0.2) is 56.8 Å². The van der Waals surface area contributed by atoms with E-state index in [0.717, 1.165) is 64.9 Å². The van der Waals surface area contributed by atoms with E-state index < -0.39 is 0 Å². The zero-order chi connectivity index (χ0) is 16.3. The molecule has 1 aromatic heterocycles. The summed E-state index contributed by atoms with van der Waals surface area (Å²) in [6, 6.07) is 2.27. The fourth-order valence-corrected chi connectivity index (χ4v) is 3.56. The smallest absolute Gasteiger partial charge is 0.191 e. The van der Waals surface area contributed by atoms with E-state index in [1.165, 1.54) is 12.0 Å². The van der Waals surface area contributed by atoms with Gasteiger partial charge in [-0.3, -0.25) is 9.89 Å². The van der Waals surface area contributed by atoms with Crippen LogP contribution in [0.1, 0.15) is 30.7 Å². The van der Waals surface area contributed by atoms with Crippen LogP contribution in [-0.2, 0) is 17.7 Å². The van der Waals surface area contributed by atoms with Gasteiger partial charge in [0, 0.05) is 57.4 Å². The number of thiophene rings is 1. The van der Waals surface area contributed by atoms with Gasteiger partial charge >= 0.3 is 0 Å². The fraction of sp³-hybridized carbons (Fsp3) is 0.706. The summed E-state index contributed by atoms with van der Waals surface area (Å²) in [6.45, 7) is 11.6. The summed E-state index contributed by atoms with van der Waals surface area (Å²) < 4.78 is 5.34. The molecule has 0 radical (unpaired) electrons. The van der Waals surface area contributed by atoms with Crippen molar-refractivity contribution in [2.24, 2.45) is 4.99 Å². The lowest BCUT2D eigenvalue weighted by Crippen LogP contribution is -2.42. The third kappa shape index (κ3) is 7.67. The molecule has 0 saturated heterocycles. The molecule has 1 aliphatic rings. The molecule has 0 amide bonds. The van der Waals surface area contributed by atoms with Crippen LogP contribution in [0.3, 0.4) is 0 Å². The Balaban J connectivity index is 0.00000288. The van der Waals surface area contributed by atoms with E-state index in [9.17, 15) is 0 Å². The van der Waals surface area contributed by atoms with E-state index in [0.29, 0.717) is 0 Å². The highest BCUT2D eigenvalue weighted by atomic mass is 127. The van der Waals surface area contributed by atoms with Crippen LogP contribution in [0.25, 0.3) is 0 Å². The first kappa shape index (κ1) is 21.7. The zero-order valence-corrected chi connectivity index (χ0v) is 18.0. The topological polar surface area (TPSA) is 48.9 Å². The molecule has 0 atom stereocenters. The van der Waals surface area contributed by atoms with Crippen LogP contribution in [0.5, 0.6) is 0 Å². The first-order valence-corrected chi connectivity index (χ1v) is 9.59. The predicted octanol–water partition coefficient (Wildman–Crippen LogP) is 2.71. The molecule has 2 rings (SSSR count). The van der Waals surface area contributed by atoms with Gasteiger partial charge in [-0.15, -0.1) is 35.3 Å². The molecule has 0 unspecified atom stereocenters. The Labute approximate surface area is 167 Å². The van der Waals surface area contributed by atoms with Gasteiger partial charge in [-0.25, -0.2) is 0 Å². The maximum absolute atomic E-state index is 5.34. The molecule has 1 aliphatic heterocycles. The third-order valence-corrected chi connectivity index (χ3v) is 4.90. The summed E-state index contributed by atoms with van der Waals surface area (Å²) in [7, 11) is 0. The van der Waals surface area contributed by atoms with Crippen molar-refractivity contribution < 1.29 is 4.74 Å². The normalized spacial score (nSPS) is 14.8.